The largest absolute Gasteiger partial charge is 0.494 e. The molecule has 1 N–H and O–H groups in total. The van der Waals surface area contributed by atoms with Crippen molar-refractivity contribution >= 4 is 5.91 Å². The lowest BCUT2D eigenvalue weighted by Gasteiger charge is -2.28. The Balaban J connectivity index is 1.63. The fraction of sp³-hybridized carbons (Fsp3) is 0.435. The summed E-state index contributed by atoms with van der Waals surface area (Å²) in [5.41, 5.74) is 3.20. The molecule has 144 valence electrons. The highest BCUT2D eigenvalue weighted by Crippen LogP contribution is 2.25. The van der Waals surface area contributed by atoms with Crippen LogP contribution in [-0.2, 0) is 0 Å². The van der Waals surface area contributed by atoms with Gasteiger partial charge in [-0.25, -0.2) is 0 Å². The zero-order valence-electron chi connectivity index (χ0n) is 16.4. The van der Waals surface area contributed by atoms with Crippen LogP contribution in [0.25, 0.3) is 0 Å². The van der Waals surface area contributed by atoms with Crippen molar-refractivity contribution in [3.8, 4) is 5.75 Å². The van der Waals surface area contributed by atoms with Crippen LogP contribution >= 0.6 is 0 Å². The van der Waals surface area contributed by atoms with Gasteiger partial charge < -0.3 is 10.1 Å². The minimum absolute atomic E-state index is 0.0339. The molecule has 3 rings (SSSR count). The molecule has 0 spiro atoms. The molecule has 0 saturated carbocycles. The highest BCUT2D eigenvalue weighted by atomic mass is 16.5. The molecule has 0 aliphatic carbocycles. The van der Waals surface area contributed by atoms with Gasteiger partial charge in [0, 0.05) is 12.1 Å². The van der Waals surface area contributed by atoms with E-state index in [0.717, 1.165) is 25.3 Å². The monoisotopic (exact) mass is 366 g/mol. The Hall–Kier alpha value is -2.33. The second-order valence-corrected chi connectivity index (χ2v) is 7.25. The standard InChI is InChI=1S/C23H30N2O2/c1-3-16-27-21-12-10-20(11-13-21)23(26)24-17-22(25-14-4-5-15-25)19-8-6-18(2)7-9-19/h6-13,22H,3-5,14-17H2,1-2H3,(H,24,26). The Morgan fingerprint density at radius 2 is 1.74 bits per heavy atom. The molecule has 0 radical (unpaired) electrons. The molecule has 2 aromatic carbocycles. The third kappa shape index (κ3) is 5.33. The van der Waals surface area contributed by atoms with E-state index in [1.165, 1.54) is 24.0 Å². The van der Waals surface area contributed by atoms with Crippen LogP contribution in [0.5, 0.6) is 5.75 Å². The number of hydrogen-bond acceptors (Lipinski definition) is 3. The van der Waals surface area contributed by atoms with Gasteiger partial charge in [0.25, 0.3) is 5.91 Å². The first-order valence-electron chi connectivity index (χ1n) is 9.99. The number of likely N-dealkylation sites (tertiary alicyclic amines) is 1. The van der Waals surface area contributed by atoms with Gasteiger partial charge in [0.05, 0.1) is 12.6 Å². The summed E-state index contributed by atoms with van der Waals surface area (Å²) in [6.07, 6.45) is 3.43. The van der Waals surface area contributed by atoms with Crippen molar-refractivity contribution in [1.82, 2.24) is 10.2 Å². The number of rotatable bonds is 8. The number of hydrogen-bond donors (Lipinski definition) is 1. The molecule has 1 fully saturated rings. The van der Waals surface area contributed by atoms with Gasteiger partial charge in [-0.05, 0) is 69.1 Å². The molecule has 2 aromatic rings. The van der Waals surface area contributed by atoms with Crippen LogP contribution in [0.3, 0.4) is 0 Å². The van der Waals surface area contributed by atoms with E-state index in [1.54, 1.807) is 0 Å². The quantitative estimate of drug-likeness (QED) is 0.755. The van der Waals surface area contributed by atoms with Gasteiger partial charge in [-0.15, -0.1) is 0 Å². The average molecular weight is 367 g/mol. The smallest absolute Gasteiger partial charge is 0.251 e. The summed E-state index contributed by atoms with van der Waals surface area (Å²) in [7, 11) is 0. The summed E-state index contributed by atoms with van der Waals surface area (Å²) < 4.78 is 5.58. The fourth-order valence-corrected chi connectivity index (χ4v) is 3.51. The minimum Gasteiger partial charge on any atom is -0.494 e. The van der Waals surface area contributed by atoms with Crippen molar-refractivity contribution in [3.05, 3.63) is 65.2 Å². The van der Waals surface area contributed by atoms with Crippen LogP contribution < -0.4 is 10.1 Å². The molecule has 4 nitrogen and oxygen atoms in total. The zero-order chi connectivity index (χ0) is 19.1. The van der Waals surface area contributed by atoms with Gasteiger partial charge in [0.15, 0.2) is 0 Å². The van der Waals surface area contributed by atoms with Gasteiger partial charge in [0.1, 0.15) is 5.75 Å². The Morgan fingerprint density at radius 3 is 2.37 bits per heavy atom. The van der Waals surface area contributed by atoms with Crippen molar-refractivity contribution < 1.29 is 9.53 Å². The summed E-state index contributed by atoms with van der Waals surface area (Å²) in [6, 6.07) is 16.3. The molecule has 1 unspecified atom stereocenters. The highest BCUT2D eigenvalue weighted by Gasteiger charge is 2.24. The third-order valence-electron chi connectivity index (χ3n) is 5.09. The van der Waals surface area contributed by atoms with E-state index in [9.17, 15) is 4.79 Å². The van der Waals surface area contributed by atoms with Crippen LogP contribution in [0.15, 0.2) is 48.5 Å². The number of amides is 1. The number of carbonyl (C=O) groups is 1. The van der Waals surface area contributed by atoms with Crippen molar-refractivity contribution in [2.75, 3.05) is 26.2 Å². The SMILES string of the molecule is CCCOc1ccc(C(=O)NCC(c2ccc(C)cc2)N2CCCC2)cc1. The van der Waals surface area contributed by atoms with Crippen molar-refractivity contribution in [2.45, 2.75) is 39.2 Å². The highest BCUT2D eigenvalue weighted by molar-refractivity contribution is 5.94. The summed E-state index contributed by atoms with van der Waals surface area (Å²) in [5.74, 6) is 0.774. The number of nitrogens with zero attached hydrogens (tertiary/aromatic N) is 1. The summed E-state index contributed by atoms with van der Waals surface area (Å²) >= 11 is 0. The molecule has 1 amide bonds. The Kier molecular flexibility index (Phi) is 6.88. The Bertz CT molecular complexity index is 719. The van der Waals surface area contributed by atoms with Gasteiger partial charge in [0.2, 0.25) is 0 Å². The minimum atomic E-state index is -0.0339. The van der Waals surface area contributed by atoms with E-state index in [4.69, 9.17) is 4.74 Å². The number of carbonyl (C=O) groups excluding carboxylic acids is 1. The predicted molar refractivity (Wildman–Crippen MR) is 109 cm³/mol. The summed E-state index contributed by atoms with van der Waals surface area (Å²) in [4.78, 5) is 15.1. The summed E-state index contributed by atoms with van der Waals surface area (Å²) in [6.45, 7) is 7.68. The Morgan fingerprint density at radius 1 is 1.07 bits per heavy atom. The maximum atomic E-state index is 12.6. The lowest BCUT2D eigenvalue weighted by molar-refractivity contribution is 0.0938. The van der Waals surface area contributed by atoms with Gasteiger partial charge in [-0.3, -0.25) is 9.69 Å². The lowest BCUT2D eigenvalue weighted by atomic mass is 10.0. The van der Waals surface area contributed by atoms with Crippen LogP contribution in [0.2, 0.25) is 0 Å². The lowest BCUT2D eigenvalue weighted by Crippen LogP contribution is -2.36. The van der Waals surface area contributed by atoms with E-state index >= 15 is 0 Å². The third-order valence-corrected chi connectivity index (χ3v) is 5.09. The maximum Gasteiger partial charge on any atom is 0.251 e. The van der Waals surface area contributed by atoms with Crippen LogP contribution in [0.1, 0.15) is 53.7 Å². The molecule has 1 heterocycles. The fourth-order valence-electron chi connectivity index (χ4n) is 3.51. The van der Waals surface area contributed by atoms with E-state index in [1.807, 2.05) is 24.3 Å². The second kappa shape index (κ2) is 9.56. The number of aryl methyl sites for hydroxylation is 1. The average Bonchev–Trinajstić information content (AvgIpc) is 3.22. The summed E-state index contributed by atoms with van der Waals surface area (Å²) in [5, 5.41) is 3.13. The zero-order valence-corrected chi connectivity index (χ0v) is 16.4. The molecule has 1 aliphatic rings. The van der Waals surface area contributed by atoms with Gasteiger partial charge in [-0.1, -0.05) is 36.8 Å². The first-order valence-corrected chi connectivity index (χ1v) is 9.99. The number of benzene rings is 2. The maximum absolute atomic E-state index is 12.6. The van der Waals surface area contributed by atoms with Crippen LogP contribution in [-0.4, -0.2) is 37.0 Å². The van der Waals surface area contributed by atoms with E-state index < -0.39 is 0 Å². The van der Waals surface area contributed by atoms with Crippen molar-refractivity contribution in [3.63, 3.8) is 0 Å². The van der Waals surface area contributed by atoms with Gasteiger partial charge >= 0.3 is 0 Å². The molecular weight excluding hydrogens is 336 g/mol. The molecule has 4 heteroatoms. The molecule has 0 aromatic heterocycles. The first kappa shape index (κ1) is 19.4. The topological polar surface area (TPSA) is 41.6 Å². The van der Waals surface area contributed by atoms with Crippen LogP contribution in [0, 0.1) is 6.92 Å². The van der Waals surface area contributed by atoms with E-state index in [-0.39, 0.29) is 11.9 Å². The van der Waals surface area contributed by atoms with Crippen molar-refractivity contribution in [1.29, 1.82) is 0 Å². The second-order valence-electron chi connectivity index (χ2n) is 7.25. The van der Waals surface area contributed by atoms with E-state index in [0.29, 0.717) is 18.7 Å². The number of nitrogens with one attached hydrogen (secondary N) is 1. The van der Waals surface area contributed by atoms with Crippen LogP contribution in [0.4, 0.5) is 0 Å². The molecule has 1 aliphatic heterocycles. The van der Waals surface area contributed by atoms with E-state index in [2.05, 4.69) is 48.3 Å². The Labute approximate surface area is 162 Å². The van der Waals surface area contributed by atoms with Crippen molar-refractivity contribution in [2.24, 2.45) is 0 Å². The molecule has 27 heavy (non-hydrogen) atoms. The normalized spacial score (nSPS) is 15.5. The molecule has 1 atom stereocenters. The number of ether oxygens (including phenoxy) is 1. The van der Waals surface area contributed by atoms with Gasteiger partial charge in [-0.2, -0.15) is 0 Å². The molecular formula is C23H30N2O2. The molecule has 1 saturated heterocycles. The predicted octanol–water partition coefficient (Wildman–Crippen LogP) is 4.35. The molecule has 0 bridgehead atoms. The first-order chi connectivity index (χ1) is 13.2.